The molecule has 1 aliphatic heterocycles. The van der Waals surface area contributed by atoms with E-state index in [-0.39, 0.29) is 11.8 Å². The van der Waals surface area contributed by atoms with Crippen molar-refractivity contribution < 1.29 is 4.39 Å². The van der Waals surface area contributed by atoms with Crippen molar-refractivity contribution >= 4 is 22.5 Å². The average molecular weight is 349 g/mol. The number of nitrogens with two attached hydrogens (primary N) is 1. The van der Waals surface area contributed by atoms with Gasteiger partial charge in [0.25, 0.3) is 0 Å². The average Bonchev–Trinajstić information content (AvgIpc) is 3.24. The fourth-order valence-electron chi connectivity index (χ4n) is 3.43. The third-order valence-corrected chi connectivity index (χ3v) is 4.71. The Bertz CT molecular complexity index is 1110. The highest BCUT2D eigenvalue weighted by molar-refractivity contribution is 5.92. The lowest BCUT2D eigenvalue weighted by Gasteiger charge is -2.12. The Hall–Kier alpha value is -3.13. The summed E-state index contributed by atoms with van der Waals surface area (Å²) in [5, 5.41) is 5.21. The number of halogens is 1. The maximum atomic E-state index is 13.4. The number of nitrogens with zero attached hydrogens (tertiary/aromatic N) is 6. The van der Waals surface area contributed by atoms with Crippen LogP contribution < -0.4 is 5.73 Å². The molecule has 0 unspecified atom stereocenters. The van der Waals surface area contributed by atoms with Crippen LogP contribution in [0.5, 0.6) is 0 Å². The van der Waals surface area contributed by atoms with E-state index >= 15 is 0 Å². The quantitative estimate of drug-likeness (QED) is 0.608. The molecule has 0 amide bonds. The molecular formula is C18H16FN7. The number of anilines is 1. The van der Waals surface area contributed by atoms with E-state index in [4.69, 9.17) is 5.73 Å². The van der Waals surface area contributed by atoms with Crippen LogP contribution in [0.1, 0.15) is 17.1 Å². The van der Waals surface area contributed by atoms with Crippen LogP contribution in [-0.4, -0.2) is 36.0 Å². The van der Waals surface area contributed by atoms with Gasteiger partial charge in [-0.05, 0) is 23.8 Å². The molecule has 3 aromatic heterocycles. The molecule has 7 nitrogen and oxygen atoms in total. The topological polar surface area (TPSA) is 85.2 Å². The van der Waals surface area contributed by atoms with E-state index in [1.54, 1.807) is 6.07 Å². The molecule has 0 saturated heterocycles. The van der Waals surface area contributed by atoms with E-state index in [1.807, 2.05) is 12.3 Å². The molecule has 0 fully saturated rings. The van der Waals surface area contributed by atoms with Crippen molar-refractivity contribution in [2.45, 2.75) is 19.5 Å². The molecule has 26 heavy (non-hydrogen) atoms. The number of fused-ring (bicyclic) bond motifs is 4. The summed E-state index contributed by atoms with van der Waals surface area (Å²) in [6, 6.07) is 8.49. The molecule has 0 spiro atoms. The van der Waals surface area contributed by atoms with Gasteiger partial charge in [-0.25, -0.2) is 14.4 Å². The van der Waals surface area contributed by atoms with E-state index in [9.17, 15) is 4.39 Å². The highest BCUT2D eigenvalue weighted by Crippen LogP contribution is 2.22. The van der Waals surface area contributed by atoms with Gasteiger partial charge in [0.15, 0.2) is 11.5 Å². The van der Waals surface area contributed by atoms with Gasteiger partial charge < -0.3 is 5.73 Å². The summed E-state index contributed by atoms with van der Waals surface area (Å²) in [7, 11) is 0. The minimum atomic E-state index is -0.351. The molecule has 0 saturated carbocycles. The van der Waals surface area contributed by atoms with Crippen molar-refractivity contribution in [3.63, 3.8) is 0 Å². The van der Waals surface area contributed by atoms with Crippen LogP contribution in [0.2, 0.25) is 0 Å². The van der Waals surface area contributed by atoms with Crippen LogP contribution in [-0.2, 0) is 19.5 Å². The zero-order valence-electron chi connectivity index (χ0n) is 13.9. The van der Waals surface area contributed by atoms with Crippen molar-refractivity contribution in [2.24, 2.45) is 0 Å². The van der Waals surface area contributed by atoms with Gasteiger partial charge >= 0.3 is 0 Å². The van der Waals surface area contributed by atoms with Crippen LogP contribution in [0.3, 0.4) is 0 Å². The van der Waals surface area contributed by atoms with E-state index in [2.05, 4.69) is 31.0 Å². The monoisotopic (exact) mass is 349 g/mol. The Balaban J connectivity index is 1.42. The molecule has 4 aromatic rings. The van der Waals surface area contributed by atoms with Gasteiger partial charge in [0, 0.05) is 43.7 Å². The molecule has 0 bridgehead atoms. The van der Waals surface area contributed by atoms with Crippen molar-refractivity contribution in [1.29, 1.82) is 0 Å². The van der Waals surface area contributed by atoms with Gasteiger partial charge in [-0.2, -0.15) is 4.52 Å². The largest absolute Gasteiger partial charge is 0.368 e. The Morgan fingerprint density at radius 3 is 2.96 bits per heavy atom. The second-order valence-electron chi connectivity index (χ2n) is 6.46. The Labute approximate surface area is 148 Å². The van der Waals surface area contributed by atoms with Crippen molar-refractivity contribution in [1.82, 2.24) is 29.5 Å². The first kappa shape index (κ1) is 15.2. The number of rotatable bonds is 3. The Morgan fingerprint density at radius 2 is 2.08 bits per heavy atom. The van der Waals surface area contributed by atoms with Gasteiger partial charge in [-0.3, -0.25) is 9.88 Å². The van der Waals surface area contributed by atoms with Crippen LogP contribution in [0, 0.1) is 5.82 Å². The third kappa shape index (κ3) is 2.46. The van der Waals surface area contributed by atoms with Crippen LogP contribution in [0.25, 0.3) is 16.6 Å². The minimum Gasteiger partial charge on any atom is -0.368 e. The van der Waals surface area contributed by atoms with Gasteiger partial charge in [0.2, 0.25) is 5.95 Å². The third-order valence-electron chi connectivity index (χ3n) is 4.71. The smallest absolute Gasteiger partial charge is 0.223 e. The lowest BCUT2D eigenvalue weighted by molar-refractivity contribution is 0.284. The Kier molecular flexibility index (Phi) is 3.32. The van der Waals surface area contributed by atoms with Crippen molar-refractivity contribution in [3.8, 4) is 0 Å². The molecule has 0 aliphatic carbocycles. The predicted octanol–water partition coefficient (Wildman–Crippen LogP) is 1.95. The summed E-state index contributed by atoms with van der Waals surface area (Å²) in [5.74, 6) is 0.546. The lowest BCUT2D eigenvalue weighted by Crippen LogP contribution is -2.20. The van der Waals surface area contributed by atoms with Crippen LogP contribution in [0.15, 0.2) is 36.5 Å². The van der Waals surface area contributed by atoms with E-state index in [0.29, 0.717) is 23.4 Å². The predicted molar refractivity (Wildman–Crippen MR) is 94.7 cm³/mol. The van der Waals surface area contributed by atoms with Gasteiger partial charge in [-0.1, -0.05) is 6.07 Å². The molecule has 0 radical (unpaired) electrons. The van der Waals surface area contributed by atoms with Gasteiger partial charge in [0.1, 0.15) is 5.82 Å². The maximum Gasteiger partial charge on any atom is 0.223 e. The summed E-state index contributed by atoms with van der Waals surface area (Å²) < 4.78 is 15.0. The molecule has 130 valence electrons. The van der Waals surface area contributed by atoms with Crippen molar-refractivity contribution in [3.05, 3.63) is 59.4 Å². The molecular weight excluding hydrogens is 333 g/mol. The zero-order valence-corrected chi connectivity index (χ0v) is 13.9. The highest BCUT2D eigenvalue weighted by Gasteiger charge is 2.20. The molecule has 2 N–H and O–H groups in total. The fraction of sp³-hybridized carbons (Fsp3) is 0.222. The summed E-state index contributed by atoms with van der Waals surface area (Å²) >= 11 is 0. The number of benzene rings is 1. The fourth-order valence-corrected chi connectivity index (χ4v) is 3.43. The number of aromatic nitrogens is 5. The van der Waals surface area contributed by atoms with Crippen LogP contribution >= 0.6 is 0 Å². The van der Waals surface area contributed by atoms with Crippen LogP contribution in [0.4, 0.5) is 10.3 Å². The van der Waals surface area contributed by atoms with E-state index in [0.717, 1.165) is 30.7 Å². The second-order valence-corrected chi connectivity index (χ2v) is 6.46. The number of hydrogen-bond acceptors (Lipinski definition) is 6. The van der Waals surface area contributed by atoms with E-state index in [1.165, 1.54) is 22.2 Å². The first-order valence-corrected chi connectivity index (χ1v) is 8.43. The van der Waals surface area contributed by atoms with Gasteiger partial charge in [-0.15, -0.1) is 5.10 Å². The number of pyridine rings is 1. The first-order valence-electron chi connectivity index (χ1n) is 8.43. The molecule has 8 heteroatoms. The molecule has 5 rings (SSSR count). The zero-order chi connectivity index (χ0) is 17.7. The minimum absolute atomic E-state index is 0.203. The summed E-state index contributed by atoms with van der Waals surface area (Å²) in [6.07, 6.45) is 2.52. The second kappa shape index (κ2) is 5.70. The number of hydrogen-bond donors (Lipinski definition) is 1. The van der Waals surface area contributed by atoms with E-state index < -0.39 is 0 Å². The summed E-state index contributed by atoms with van der Waals surface area (Å²) in [6.45, 7) is 2.56. The normalized spacial score (nSPS) is 14.3. The Morgan fingerprint density at radius 1 is 1.15 bits per heavy atom. The standard InChI is InChI=1S/C18H16FN7/c19-12-3-4-13-14(8-12)22-18(20)26-17(13)23-16(24-26)5-7-25-9-11-2-1-6-21-15(11)10-25/h1-4,6,8H,5,7,9-10H2,(H2,20,22). The van der Waals surface area contributed by atoms with Gasteiger partial charge in [0.05, 0.1) is 11.2 Å². The molecule has 1 aromatic carbocycles. The van der Waals surface area contributed by atoms with Crippen molar-refractivity contribution in [2.75, 3.05) is 12.3 Å². The summed E-state index contributed by atoms with van der Waals surface area (Å²) in [4.78, 5) is 15.6. The number of nitrogen functional groups attached to an aromatic ring is 1. The lowest BCUT2D eigenvalue weighted by atomic mass is 10.2. The summed E-state index contributed by atoms with van der Waals surface area (Å²) in [5.41, 5.74) is 9.47. The molecule has 1 aliphatic rings. The molecule has 0 atom stereocenters. The maximum absolute atomic E-state index is 13.4. The SMILES string of the molecule is Nc1nc2cc(F)ccc2c2nc(CCN3Cc4cccnc4C3)nn12. The molecule has 4 heterocycles. The highest BCUT2D eigenvalue weighted by atomic mass is 19.1. The first-order chi connectivity index (χ1) is 12.7.